The fourth-order valence-electron chi connectivity index (χ4n) is 4.62. The Morgan fingerprint density at radius 3 is 2.50 bits per heavy atom. The maximum absolute atomic E-state index is 15.3. The minimum absolute atomic E-state index is 0.0483. The van der Waals surface area contributed by atoms with Crippen molar-refractivity contribution >= 4 is 38.7 Å². The van der Waals surface area contributed by atoms with Crippen LogP contribution < -0.4 is 10.6 Å². The van der Waals surface area contributed by atoms with Crippen molar-refractivity contribution in [3.63, 3.8) is 0 Å². The zero-order valence-electron chi connectivity index (χ0n) is 21.7. The van der Waals surface area contributed by atoms with Gasteiger partial charge in [-0.2, -0.15) is 5.10 Å². The Morgan fingerprint density at radius 1 is 0.976 bits per heavy atom. The molecule has 2 amide bonds. The van der Waals surface area contributed by atoms with Crippen LogP contribution in [0.3, 0.4) is 0 Å². The molecule has 42 heavy (non-hydrogen) atoms. The number of hydrogen-bond acceptors (Lipinski definition) is 7. The number of benzene rings is 3. The number of nitrogens with one attached hydrogen (secondary N) is 2. The van der Waals surface area contributed by atoms with Gasteiger partial charge in [-0.05, 0) is 30.3 Å². The maximum atomic E-state index is 15.3. The summed E-state index contributed by atoms with van der Waals surface area (Å²) in [4.78, 5) is 35.6. The van der Waals surface area contributed by atoms with E-state index in [-0.39, 0.29) is 38.8 Å². The highest BCUT2D eigenvalue weighted by Crippen LogP contribution is 2.30. The van der Waals surface area contributed by atoms with Crippen molar-refractivity contribution < 1.29 is 26.8 Å². The Morgan fingerprint density at radius 2 is 1.76 bits per heavy atom. The van der Waals surface area contributed by atoms with E-state index in [2.05, 4.69) is 25.7 Å². The molecular formula is C29H20F2N6O4S. The van der Waals surface area contributed by atoms with Crippen LogP contribution in [0.1, 0.15) is 21.5 Å². The van der Waals surface area contributed by atoms with E-state index in [0.29, 0.717) is 11.1 Å². The lowest BCUT2D eigenvalue weighted by atomic mass is 10.0. The van der Waals surface area contributed by atoms with E-state index >= 15 is 4.39 Å². The molecule has 0 saturated carbocycles. The average Bonchev–Trinajstić information content (AvgIpc) is 3.29. The van der Waals surface area contributed by atoms with Crippen LogP contribution in [0.25, 0.3) is 16.9 Å². The fourth-order valence-corrected chi connectivity index (χ4v) is 5.25. The van der Waals surface area contributed by atoms with Crippen LogP contribution in [0.15, 0.2) is 95.1 Å². The van der Waals surface area contributed by atoms with Crippen LogP contribution in [0.4, 0.5) is 14.5 Å². The van der Waals surface area contributed by atoms with E-state index < -0.39 is 39.5 Å². The number of carbonyl (C=O) groups excluding carboxylic acids is 2. The molecule has 3 heterocycles. The standard InChI is InChI=1S/C29H20F2N6O4S/c1-42(40,41)17-11-12-18(21(31)15-17)25-22(27-32-13-6-14-37(27)36-25)28(38)35-26-29(39)34-24-19(9-5-10-20(24)30)23(33-26)16-7-3-2-4-8-16/h2-15,26H,1H3,(H,34,39)(H,35,38)/t26-/m1/s1. The van der Waals surface area contributed by atoms with Crippen LogP contribution in [0.2, 0.25) is 0 Å². The topological polar surface area (TPSA) is 135 Å². The summed E-state index contributed by atoms with van der Waals surface area (Å²) in [5.41, 5.74) is 0.628. The molecule has 10 nitrogen and oxygen atoms in total. The van der Waals surface area contributed by atoms with Crippen molar-refractivity contribution in [2.75, 3.05) is 11.6 Å². The quantitative estimate of drug-likeness (QED) is 0.323. The first-order chi connectivity index (χ1) is 20.1. The van der Waals surface area contributed by atoms with Gasteiger partial charge in [0, 0.05) is 35.3 Å². The third-order valence-electron chi connectivity index (χ3n) is 6.58. The van der Waals surface area contributed by atoms with Crippen molar-refractivity contribution in [3.05, 3.63) is 114 Å². The molecule has 2 N–H and O–H groups in total. The number of hydrogen-bond donors (Lipinski definition) is 2. The minimum Gasteiger partial charge on any atom is -0.322 e. The monoisotopic (exact) mass is 586 g/mol. The summed E-state index contributed by atoms with van der Waals surface area (Å²) in [6.07, 6.45) is 2.32. The largest absolute Gasteiger partial charge is 0.322 e. The van der Waals surface area contributed by atoms with E-state index in [4.69, 9.17) is 0 Å². The Bertz CT molecular complexity index is 2040. The molecule has 0 saturated heterocycles. The Hall–Kier alpha value is -5.30. The van der Waals surface area contributed by atoms with Crippen LogP contribution in [0, 0.1) is 11.6 Å². The first kappa shape index (κ1) is 26.9. The molecule has 2 aromatic heterocycles. The zero-order valence-corrected chi connectivity index (χ0v) is 22.6. The molecule has 0 unspecified atom stereocenters. The number of fused-ring (bicyclic) bond motifs is 2. The molecule has 5 aromatic rings. The number of benzodiazepines with no additional fused rings is 1. The van der Waals surface area contributed by atoms with Gasteiger partial charge in [-0.1, -0.05) is 42.5 Å². The van der Waals surface area contributed by atoms with Gasteiger partial charge in [0.05, 0.1) is 16.3 Å². The van der Waals surface area contributed by atoms with Gasteiger partial charge in [0.15, 0.2) is 15.5 Å². The van der Waals surface area contributed by atoms with Crippen molar-refractivity contribution in [3.8, 4) is 11.3 Å². The lowest BCUT2D eigenvalue weighted by molar-refractivity contribution is -0.117. The Kier molecular flexibility index (Phi) is 6.58. The molecule has 0 spiro atoms. The highest BCUT2D eigenvalue weighted by Gasteiger charge is 2.32. The first-order valence-corrected chi connectivity index (χ1v) is 14.4. The first-order valence-electron chi connectivity index (χ1n) is 12.5. The molecule has 210 valence electrons. The summed E-state index contributed by atoms with van der Waals surface area (Å²) in [6.45, 7) is 0. The third-order valence-corrected chi connectivity index (χ3v) is 7.69. The molecule has 3 aromatic carbocycles. The zero-order chi connectivity index (χ0) is 29.6. The van der Waals surface area contributed by atoms with Gasteiger partial charge < -0.3 is 10.6 Å². The van der Waals surface area contributed by atoms with Crippen molar-refractivity contribution in [1.82, 2.24) is 19.9 Å². The molecular weight excluding hydrogens is 566 g/mol. The summed E-state index contributed by atoms with van der Waals surface area (Å²) in [5, 5.41) is 9.37. The van der Waals surface area contributed by atoms with E-state index in [0.717, 1.165) is 12.3 Å². The Balaban J connectivity index is 1.46. The van der Waals surface area contributed by atoms with Gasteiger partial charge in [0.25, 0.3) is 11.8 Å². The summed E-state index contributed by atoms with van der Waals surface area (Å²) < 4.78 is 55.2. The molecule has 0 bridgehead atoms. The normalized spacial score (nSPS) is 15.0. The summed E-state index contributed by atoms with van der Waals surface area (Å²) in [6, 6.07) is 17.8. The number of aromatic nitrogens is 3. The van der Waals surface area contributed by atoms with Gasteiger partial charge in [-0.3, -0.25) is 9.59 Å². The van der Waals surface area contributed by atoms with E-state index in [1.165, 1.54) is 41.2 Å². The predicted octanol–water partition coefficient (Wildman–Crippen LogP) is 3.62. The van der Waals surface area contributed by atoms with E-state index in [9.17, 15) is 22.4 Å². The van der Waals surface area contributed by atoms with Crippen molar-refractivity contribution in [1.29, 1.82) is 0 Å². The molecule has 0 fully saturated rings. The van der Waals surface area contributed by atoms with Gasteiger partial charge >= 0.3 is 0 Å². The molecule has 1 atom stereocenters. The van der Waals surface area contributed by atoms with Crippen LogP contribution in [-0.2, 0) is 14.6 Å². The number of para-hydroxylation sites is 1. The SMILES string of the molecule is CS(=O)(=O)c1ccc(-c2nn3cccnc3c2C(=O)N[C@H]2N=C(c3ccccc3)c3cccc(F)c3NC2=O)c(F)c1. The number of sulfone groups is 1. The van der Waals surface area contributed by atoms with Crippen molar-refractivity contribution in [2.24, 2.45) is 4.99 Å². The highest BCUT2D eigenvalue weighted by atomic mass is 32.2. The van der Waals surface area contributed by atoms with Gasteiger partial charge in [0.2, 0.25) is 6.17 Å². The number of amides is 2. The number of nitrogens with zero attached hydrogens (tertiary/aromatic N) is 4. The Labute approximate surface area is 237 Å². The molecule has 6 rings (SSSR count). The van der Waals surface area contributed by atoms with E-state index in [1.54, 1.807) is 42.5 Å². The lowest BCUT2D eigenvalue weighted by Crippen LogP contribution is -2.42. The number of anilines is 1. The second kappa shape index (κ2) is 10.3. The molecule has 13 heteroatoms. The van der Waals surface area contributed by atoms with Gasteiger partial charge in [-0.25, -0.2) is 31.7 Å². The molecule has 1 aliphatic rings. The molecule has 1 aliphatic heterocycles. The maximum Gasteiger partial charge on any atom is 0.269 e. The smallest absolute Gasteiger partial charge is 0.269 e. The third kappa shape index (κ3) is 4.79. The van der Waals surface area contributed by atoms with Gasteiger partial charge in [0.1, 0.15) is 22.9 Å². The number of halogens is 2. The molecule has 0 aliphatic carbocycles. The van der Waals surface area contributed by atoms with Crippen LogP contribution in [-0.4, -0.2) is 53.0 Å². The molecule has 0 radical (unpaired) electrons. The highest BCUT2D eigenvalue weighted by molar-refractivity contribution is 7.90. The summed E-state index contributed by atoms with van der Waals surface area (Å²) in [7, 11) is -3.70. The van der Waals surface area contributed by atoms with Crippen LogP contribution in [0.5, 0.6) is 0 Å². The minimum atomic E-state index is -3.70. The van der Waals surface area contributed by atoms with Gasteiger partial charge in [-0.15, -0.1) is 0 Å². The number of carbonyl (C=O) groups is 2. The van der Waals surface area contributed by atoms with Crippen molar-refractivity contribution in [2.45, 2.75) is 11.1 Å². The fraction of sp³-hybridized carbons (Fsp3) is 0.0690. The second-order valence-corrected chi connectivity index (χ2v) is 11.4. The lowest BCUT2D eigenvalue weighted by Gasteiger charge is -2.14. The average molecular weight is 587 g/mol. The second-order valence-electron chi connectivity index (χ2n) is 9.40. The predicted molar refractivity (Wildman–Crippen MR) is 150 cm³/mol. The number of aliphatic imine (C=N–C) groups is 1. The van der Waals surface area contributed by atoms with Crippen LogP contribution >= 0.6 is 0 Å². The van der Waals surface area contributed by atoms with E-state index in [1.807, 2.05) is 0 Å². The summed E-state index contributed by atoms with van der Waals surface area (Å²) in [5.74, 6) is -3.29. The summed E-state index contributed by atoms with van der Waals surface area (Å²) >= 11 is 0. The number of rotatable bonds is 5.